The Morgan fingerprint density at radius 3 is 2.34 bits per heavy atom. The second kappa shape index (κ2) is 10.8. The van der Waals surface area contributed by atoms with Crippen molar-refractivity contribution in [2.24, 2.45) is 5.41 Å². The third-order valence-corrected chi connectivity index (χ3v) is 6.66. The van der Waals surface area contributed by atoms with Gasteiger partial charge in [0, 0.05) is 0 Å². The smallest absolute Gasteiger partial charge is 0.205 e. The van der Waals surface area contributed by atoms with Gasteiger partial charge in [-0.25, -0.2) is 0 Å². The van der Waals surface area contributed by atoms with Crippen LogP contribution in [0.25, 0.3) is 0 Å². The Morgan fingerprint density at radius 1 is 1.07 bits per heavy atom. The first-order chi connectivity index (χ1) is 13.7. The largest absolute Gasteiger partial charge is 0.491 e. The molecule has 0 aliphatic carbocycles. The van der Waals surface area contributed by atoms with E-state index in [0.29, 0.717) is 13.2 Å². The molecule has 1 radical (unpaired) electrons. The zero-order valence-electron chi connectivity index (χ0n) is 19.1. The van der Waals surface area contributed by atoms with Crippen molar-refractivity contribution in [2.75, 3.05) is 6.61 Å². The molecular weight excluding hydrogens is 396 g/mol. The molecule has 0 aliphatic rings. The van der Waals surface area contributed by atoms with E-state index in [-0.39, 0.29) is 17.1 Å². The van der Waals surface area contributed by atoms with E-state index in [1.165, 1.54) is 11.1 Å². The van der Waals surface area contributed by atoms with Crippen molar-refractivity contribution in [1.82, 2.24) is 0 Å². The van der Waals surface area contributed by atoms with E-state index in [4.69, 9.17) is 13.9 Å². The second-order valence-corrected chi connectivity index (χ2v) is 11.8. The Kier molecular flexibility index (Phi) is 8.95. The van der Waals surface area contributed by atoms with E-state index >= 15 is 0 Å². The molecule has 2 aromatic rings. The van der Waals surface area contributed by atoms with Gasteiger partial charge in [-0.2, -0.15) is 11.3 Å². The summed E-state index contributed by atoms with van der Waals surface area (Å²) < 4.78 is 18.9. The lowest BCUT2D eigenvalue weighted by molar-refractivity contribution is -0.0877. The lowest BCUT2D eigenvalue weighted by Crippen LogP contribution is -2.38. The summed E-state index contributed by atoms with van der Waals surface area (Å²) in [6.45, 7) is 16.6. The van der Waals surface area contributed by atoms with E-state index < -0.39 is 9.04 Å². The fourth-order valence-corrected chi connectivity index (χ4v) is 4.89. The van der Waals surface area contributed by atoms with Crippen LogP contribution in [0.2, 0.25) is 13.1 Å². The molecule has 0 N–H and O–H groups in total. The Balaban J connectivity index is 2.10. The van der Waals surface area contributed by atoms with Crippen LogP contribution in [0.3, 0.4) is 0 Å². The summed E-state index contributed by atoms with van der Waals surface area (Å²) >= 11 is 1.70. The van der Waals surface area contributed by atoms with Crippen molar-refractivity contribution >= 4 is 20.4 Å². The summed E-state index contributed by atoms with van der Waals surface area (Å²) in [6, 6.07) is 10.5. The molecule has 2 rings (SSSR count). The molecule has 1 aromatic carbocycles. The molecule has 1 aromatic heterocycles. The molecular formula is C24H37O3SSi. The van der Waals surface area contributed by atoms with Gasteiger partial charge in [-0.3, -0.25) is 0 Å². The Morgan fingerprint density at radius 2 is 1.79 bits per heavy atom. The molecule has 0 amide bonds. The van der Waals surface area contributed by atoms with Crippen LogP contribution in [0.15, 0.2) is 41.1 Å². The Bertz CT molecular complexity index is 718. The molecule has 5 heteroatoms. The maximum atomic E-state index is 6.35. The molecule has 0 spiro atoms. The van der Waals surface area contributed by atoms with Crippen molar-refractivity contribution < 1.29 is 13.9 Å². The molecule has 161 valence electrons. The standard InChI is InChI=1S/C24H37O3SSi/c1-8-24(9-2,26-16-19-13-14-28-17-19)18-25-21-12-10-11-20(15-21)22(23(3,4)5)27-29(6)7/h10-15,17,22H,8-9,16,18H2,1-7H3. The minimum absolute atomic E-state index is 0.0286. The minimum atomic E-state index is -0.807. The predicted octanol–water partition coefficient (Wildman–Crippen LogP) is 7.26. The van der Waals surface area contributed by atoms with Gasteiger partial charge in [0.25, 0.3) is 0 Å². The highest BCUT2D eigenvalue weighted by Gasteiger charge is 2.30. The van der Waals surface area contributed by atoms with E-state index in [0.717, 1.165) is 18.6 Å². The molecule has 29 heavy (non-hydrogen) atoms. The molecule has 0 fully saturated rings. The van der Waals surface area contributed by atoms with Crippen molar-refractivity contribution in [3.63, 3.8) is 0 Å². The molecule has 0 aliphatic heterocycles. The quantitative estimate of drug-likeness (QED) is 0.349. The fraction of sp³-hybridized carbons (Fsp3) is 0.583. The van der Waals surface area contributed by atoms with Crippen LogP contribution in [0.4, 0.5) is 0 Å². The van der Waals surface area contributed by atoms with Crippen LogP contribution in [0, 0.1) is 5.41 Å². The van der Waals surface area contributed by atoms with Crippen LogP contribution in [0.1, 0.15) is 64.7 Å². The van der Waals surface area contributed by atoms with Gasteiger partial charge < -0.3 is 13.9 Å². The van der Waals surface area contributed by atoms with Gasteiger partial charge in [0.05, 0.1) is 12.7 Å². The third-order valence-electron chi connectivity index (χ3n) is 5.22. The van der Waals surface area contributed by atoms with Gasteiger partial charge in [-0.1, -0.05) is 46.8 Å². The molecule has 0 saturated heterocycles. The number of rotatable bonds is 11. The first-order valence-corrected chi connectivity index (χ1v) is 13.9. The predicted molar refractivity (Wildman–Crippen MR) is 125 cm³/mol. The zero-order chi connectivity index (χ0) is 21.5. The van der Waals surface area contributed by atoms with Crippen LogP contribution in [-0.2, 0) is 15.8 Å². The Hall–Kier alpha value is -1.14. The van der Waals surface area contributed by atoms with Gasteiger partial charge in [-0.15, -0.1) is 0 Å². The molecule has 1 atom stereocenters. The van der Waals surface area contributed by atoms with Crippen LogP contribution < -0.4 is 4.74 Å². The van der Waals surface area contributed by atoms with Crippen LogP contribution >= 0.6 is 11.3 Å². The van der Waals surface area contributed by atoms with Gasteiger partial charge >= 0.3 is 0 Å². The first kappa shape index (κ1) is 24.1. The van der Waals surface area contributed by atoms with E-state index in [1.807, 2.05) is 6.07 Å². The van der Waals surface area contributed by atoms with E-state index in [1.54, 1.807) is 11.3 Å². The second-order valence-electron chi connectivity index (χ2n) is 8.94. The normalized spacial score (nSPS) is 13.7. The van der Waals surface area contributed by atoms with E-state index in [2.05, 4.69) is 82.7 Å². The number of hydrogen-bond donors (Lipinski definition) is 0. The van der Waals surface area contributed by atoms with Gasteiger partial charge in [0.15, 0.2) is 0 Å². The van der Waals surface area contributed by atoms with Crippen LogP contribution in [0.5, 0.6) is 5.75 Å². The summed E-state index contributed by atoms with van der Waals surface area (Å²) in [5.41, 5.74) is 2.16. The van der Waals surface area contributed by atoms with Crippen molar-refractivity contribution in [2.45, 2.75) is 78.9 Å². The third kappa shape index (κ3) is 7.25. The van der Waals surface area contributed by atoms with Crippen LogP contribution in [-0.4, -0.2) is 21.2 Å². The molecule has 0 bridgehead atoms. The average Bonchev–Trinajstić information content (AvgIpc) is 3.20. The fourth-order valence-electron chi connectivity index (χ4n) is 3.27. The molecule has 1 unspecified atom stereocenters. The highest BCUT2D eigenvalue weighted by molar-refractivity contribution is 7.07. The topological polar surface area (TPSA) is 27.7 Å². The molecule has 0 saturated carbocycles. The summed E-state index contributed by atoms with van der Waals surface area (Å²) in [6.07, 6.45) is 1.89. The summed E-state index contributed by atoms with van der Waals surface area (Å²) in [5.74, 6) is 0.881. The lowest BCUT2D eigenvalue weighted by Gasteiger charge is -2.34. The highest BCUT2D eigenvalue weighted by Crippen LogP contribution is 2.38. The maximum Gasteiger partial charge on any atom is 0.205 e. The van der Waals surface area contributed by atoms with Crippen molar-refractivity contribution in [3.05, 3.63) is 52.2 Å². The summed E-state index contributed by atoms with van der Waals surface area (Å²) in [4.78, 5) is 0. The summed E-state index contributed by atoms with van der Waals surface area (Å²) in [7, 11) is -0.807. The lowest BCUT2D eigenvalue weighted by atomic mass is 9.85. The maximum absolute atomic E-state index is 6.35. The SMILES string of the molecule is CCC(CC)(COc1cccc(C(O[Si](C)C)C(C)(C)C)c1)OCc1ccsc1. The molecule has 1 heterocycles. The van der Waals surface area contributed by atoms with Gasteiger partial charge in [0.2, 0.25) is 9.04 Å². The number of benzene rings is 1. The molecule has 3 nitrogen and oxygen atoms in total. The zero-order valence-corrected chi connectivity index (χ0v) is 20.9. The number of ether oxygens (including phenoxy) is 2. The number of thiophene rings is 1. The Labute approximate surface area is 183 Å². The van der Waals surface area contributed by atoms with E-state index in [9.17, 15) is 0 Å². The first-order valence-electron chi connectivity index (χ1n) is 10.5. The van der Waals surface area contributed by atoms with Crippen molar-refractivity contribution in [3.8, 4) is 5.75 Å². The minimum Gasteiger partial charge on any atom is -0.491 e. The van der Waals surface area contributed by atoms with Gasteiger partial charge in [0.1, 0.15) is 18.0 Å². The monoisotopic (exact) mass is 433 g/mol. The summed E-state index contributed by atoms with van der Waals surface area (Å²) in [5, 5.41) is 4.23. The van der Waals surface area contributed by atoms with Gasteiger partial charge in [-0.05, 0) is 71.4 Å². The van der Waals surface area contributed by atoms with Crippen molar-refractivity contribution in [1.29, 1.82) is 0 Å². The number of hydrogen-bond acceptors (Lipinski definition) is 4. The highest BCUT2D eigenvalue weighted by atomic mass is 32.1. The average molecular weight is 434 g/mol.